The Morgan fingerprint density at radius 1 is 1.09 bits per heavy atom. The lowest BCUT2D eigenvalue weighted by atomic mass is 10.1. The molecule has 0 radical (unpaired) electrons. The largest absolute Gasteiger partial charge is 0.267 e. The summed E-state index contributed by atoms with van der Waals surface area (Å²) in [6.45, 7) is 5.82. The summed E-state index contributed by atoms with van der Waals surface area (Å²) in [6, 6.07) is 9.61. The molecule has 0 bridgehead atoms. The van der Waals surface area contributed by atoms with E-state index in [9.17, 15) is 8.42 Å². The Hall–Kier alpha value is -2.41. The SMILES string of the molecule is Cc1cc(NS(C)(=O)=O)n(-c2cc(C)c3cccc(C)c3n2)n1. The van der Waals surface area contributed by atoms with Crippen LogP contribution >= 0.6 is 0 Å². The van der Waals surface area contributed by atoms with Gasteiger partial charge >= 0.3 is 0 Å². The molecule has 0 saturated carbocycles. The van der Waals surface area contributed by atoms with Gasteiger partial charge in [0, 0.05) is 11.5 Å². The molecule has 0 aliphatic carbocycles. The van der Waals surface area contributed by atoms with Crippen molar-refractivity contribution in [3.05, 3.63) is 47.2 Å². The predicted molar refractivity (Wildman–Crippen MR) is 91.5 cm³/mol. The van der Waals surface area contributed by atoms with Crippen LogP contribution in [0.2, 0.25) is 0 Å². The number of anilines is 1. The van der Waals surface area contributed by atoms with Crippen LogP contribution in [-0.4, -0.2) is 29.4 Å². The van der Waals surface area contributed by atoms with Gasteiger partial charge in [-0.25, -0.2) is 13.4 Å². The number of benzene rings is 1. The summed E-state index contributed by atoms with van der Waals surface area (Å²) < 4.78 is 27.1. The van der Waals surface area contributed by atoms with Crippen molar-refractivity contribution < 1.29 is 8.42 Å². The summed E-state index contributed by atoms with van der Waals surface area (Å²) in [5.74, 6) is 0.966. The molecule has 0 atom stereocenters. The number of hydrogen-bond acceptors (Lipinski definition) is 4. The molecule has 0 aliphatic rings. The average molecular weight is 330 g/mol. The summed E-state index contributed by atoms with van der Waals surface area (Å²) in [5, 5.41) is 5.45. The van der Waals surface area contributed by atoms with Crippen molar-refractivity contribution in [3.63, 3.8) is 0 Å². The van der Waals surface area contributed by atoms with Gasteiger partial charge in [0.2, 0.25) is 10.0 Å². The number of nitrogens with one attached hydrogen (secondary N) is 1. The second kappa shape index (κ2) is 5.34. The number of nitrogens with zero attached hydrogens (tertiary/aromatic N) is 3. The van der Waals surface area contributed by atoms with Crippen molar-refractivity contribution in [1.29, 1.82) is 0 Å². The Morgan fingerprint density at radius 3 is 2.52 bits per heavy atom. The summed E-state index contributed by atoms with van der Waals surface area (Å²) in [6.07, 6.45) is 1.11. The maximum absolute atomic E-state index is 11.6. The molecule has 2 heterocycles. The van der Waals surface area contributed by atoms with Gasteiger partial charge < -0.3 is 0 Å². The molecule has 0 saturated heterocycles. The number of para-hydroxylation sites is 1. The zero-order chi connectivity index (χ0) is 16.8. The first-order chi connectivity index (χ1) is 10.7. The van der Waals surface area contributed by atoms with Gasteiger partial charge in [-0.1, -0.05) is 18.2 Å². The molecule has 3 rings (SSSR count). The van der Waals surface area contributed by atoms with Crippen molar-refractivity contribution in [2.45, 2.75) is 20.8 Å². The minimum absolute atomic E-state index is 0.379. The second-order valence-electron chi connectivity index (χ2n) is 5.73. The number of hydrogen-bond donors (Lipinski definition) is 1. The Labute approximate surface area is 135 Å². The molecule has 1 N–H and O–H groups in total. The van der Waals surface area contributed by atoms with E-state index in [1.807, 2.05) is 45.0 Å². The van der Waals surface area contributed by atoms with Crippen LogP contribution in [0.25, 0.3) is 16.7 Å². The number of aromatic nitrogens is 3. The number of pyridine rings is 1. The molecule has 3 aromatic rings. The van der Waals surface area contributed by atoms with Gasteiger partial charge in [0.1, 0.15) is 5.82 Å². The molecular weight excluding hydrogens is 312 g/mol. The molecule has 120 valence electrons. The minimum Gasteiger partial charge on any atom is -0.267 e. The predicted octanol–water partition coefficient (Wildman–Crippen LogP) is 2.72. The van der Waals surface area contributed by atoms with Crippen LogP contribution in [0.15, 0.2) is 30.3 Å². The smallest absolute Gasteiger partial charge is 0.230 e. The lowest BCUT2D eigenvalue weighted by Crippen LogP contribution is -2.14. The highest BCUT2D eigenvalue weighted by Gasteiger charge is 2.14. The Bertz CT molecular complexity index is 1010. The van der Waals surface area contributed by atoms with Crippen LogP contribution in [0.5, 0.6) is 0 Å². The average Bonchev–Trinajstić information content (AvgIpc) is 2.78. The summed E-state index contributed by atoms with van der Waals surface area (Å²) in [5.41, 5.74) is 3.72. The van der Waals surface area contributed by atoms with Crippen molar-refractivity contribution >= 4 is 26.7 Å². The van der Waals surface area contributed by atoms with Gasteiger partial charge in [-0.15, -0.1) is 0 Å². The highest BCUT2D eigenvalue weighted by Crippen LogP contribution is 2.24. The summed E-state index contributed by atoms with van der Waals surface area (Å²) in [7, 11) is -3.39. The fourth-order valence-electron chi connectivity index (χ4n) is 2.59. The van der Waals surface area contributed by atoms with E-state index < -0.39 is 10.0 Å². The van der Waals surface area contributed by atoms with E-state index in [-0.39, 0.29) is 0 Å². The Morgan fingerprint density at radius 2 is 1.83 bits per heavy atom. The van der Waals surface area contributed by atoms with Gasteiger partial charge in [-0.05, 0) is 38.0 Å². The summed E-state index contributed by atoms with van der Waals surface area (Å²) in [4.78, 5) is 4.68. The standard InChI is InChI=1S/C16H18N4O2S/c1-10-6-5-7-13-11(2)8-14(17-16(10)13)20-15(9-12(3)18-20)19-23(4,21)22/h5-9,19H,1-4H3. The quantitative estimate of drug-likeness (QED) is 0.801. The molecule has 0 unspecified atom stereocenters. The van der Waals surface area contributed by atoms with Gasteiger partial charge in [-0.3, -0.25) is 4.72 Å². The molecule has 7 heteroatoms. The molecule has 2 aromatic heterocycles. The van der Waals surface area contributed by atoms with Crippen LogP contribution in [0.1, 0.15) is 16.8 Å². The van der Waals surface area contributed by atoms with E-state index in [4.69, 9.17) is 0 Å². The molecule has 6 nitrogen and oxygen atoms in total. The first-order valence-corrected chi connectivity index (χ1v) is 9.05. The van der Waals surface area contributed by atoms with E-state index in [1.54, 1.807) is 6.07 Å². The zero-order valence-electron chi connectivity index (χ0n) is 13.5. The van der Waals surface area contributed by atoms with Crippen LogP contribution in [-0.2, 0) is 10.0 Å². The van der Waals surface area contributed by atoms with Crippen molar-refractivity contribution in [2.24, 2.45) is 0 Å². The maximum atomic E-state index is 11.6. The van der Waals surface area contributed by atoms with Crippen LogP contribution < -0.4 is 4.72 Å². The van der Waals surface area contributed by atoms with Crippen LogP contribution in [0, 0.1) is 20.8 Å². The third-order valence-corrected chi connectivity index (χ3v) is 4.15. The number of rotatable bonds is 3. The third kappa shape index (κ3) is 3.05. The van der Waals surface area contributed by atoms with E-state index in [0.717, 1.165) is 28.3 Å². The number of sulfonamides is 1. The fourth-order valence-corrected chi connectivity index (χ4v) is 3.11. The first kappa shape index (κ1) is 15.5. The fraction of sp³-hybridized carbons (Fsp3) is 0.250. The minimum atomic E-state index is -3.39. The number of fused-ring (bicyclic) bond motifs is 1. The van der Waals surface area contributed by atoms with Crippen molar-refractivity contribution in [3.8, 4) is 5.82 Å². The monoisotopic (exact) mass is 330 g/mol. The zero-order valence-corrected chi connectivity index (χ0v) is 14.3. The van der Waals surface area contributed by atoms with Gasteiger partial charge in [-0.2, -0.15) is 9.78 Å². The van der Waals surface area contributed by atoms with Crippen molar-refractivity contribution in [2.75, 3.05) is 11.0 Å². The lowest BCUT2D eigenvalue weighted by Gasteiger charge is -2.11. The van der Waals surface area contributed by atoms with Crippen molar-refractivity contribution in [1.82, 2.24) is 14.8 Å². The van der Waals surface area contributed by atoms with E-state index in [2.05, 4.69) is 14.8 Å². The number of aryl methyl sites for hydroxylation is 3. The molecule has 23 heavy (non-hydrogen) atoms. The molecule has 0 amide bonds. The van der Waals surface area contributed by atoms with E-state index in [0.29, 0.717) is 17.3 Å². The van der Waals surface area contributed by atoms with Gasteiger partial charge in [0.15, 0.2) is 5.82 Å². The van der Waals surface area contributed by atoms with E-state index in [1.165, 1.54) is 4.68 Å². The third-order valence-electron chi connectivity index (χ3n) is 3.57. The van der Waals surface area contributed by atoms with Gasteiger partial charge in [0.25, 0.3) is 0 Å². The molecule has 0 spiro atoms. The van der Waals surface area contributed by atoms with Gasteiger partial charge in [0.05, 0.1) is 17.5 Å². The topological polar surface area (TPSA) is 76.9 Å². The van der Waals surface area contributed by atoms with E-state index >= 15 is 0 Å². The summed E-state index contributed by atoms with van der Waals surface area (Å²) >= 11 is 0. The highest BCUT2D eigenvalue weighted by atomic mass is 32.2. The van der Waals surface area contributed by atoms with Crippen LogP contribution in [0.4, 0.5) is 5.82 Å². The van der Waals surface area contributed by atoms with Crippen LogP contribution in [0.3, 0.4) is 0 Å². The molecule has 0 fully saturated rings. The lowest BCUT2D eigenvalue weighted by molar-refractivity contribution is 0.606. The maximum Gasteiger partial charge on any atom is 0.230 e. The first-order valence-electron chi connectivity index (χ1n) is 7.16. The highest BCUT2D eigenvalue weighted by molar-refractivity contribution is 7.92. The second-order valence-corrected chi connectivity index (χ2v) is 7.47. The Balaban J connectivity index is 2.23. The normalized spacial score (nSPS) is 11.8. The molecular formula is C16H18N4O2S. The molecule has 1 aromatic carbocycles. The molecule has 0 aliphatic heterocycles. The Kier molecular flexibility index (Phi) is 3.60.